The van der Waals surface area contributed by atoms with Gasteiger partial charge < -0.3 is 10.1 Å². The number of alkyl carbamates (subject to hydrolysis) is 1. The number of rotatable bonds is 1. The van der Waals surface area contributed by atoms with Gasteiger partial charge in [-0.25, -0.2) is 4.79 Å². The lowest BCUT2D eigenvalue weighted by Crippen LogP contribution is -2.40. The van der Waals surface area contributed by atoms with Crippen molar-refractivity contribution in [2.75, 3.05) is 6.61 Å². The predicted octanol–water partition coefficient (Wildman–Crippen LogP) is 1.91. The zero-order chi connectivity index (χ0) is 9.61. The van der Waals surface area contributed by atoms with E-state index in [2.05, 4.69) is 15.2 Å². The summed E-state index contributed by atoms with van der Waals surface area (Å²) in [5.41, 5.74) is -0.255. The van der Waals surface area contributed by atoms with E-state index in [9.17, 15) is 4.79 Å². The van der Waals surface area contributed by atoms with Crippen LogP contribution in [-0.4, -0.2) is 18.2 Å². The third-order valence-electron chi connectivity index (χ3n) is 0.819. The molecule has 12 heavy (non-hydrogen) atoms. The molecule has 0 saturated carbocycles. The third-order valence-corrected chi connectivity index (χ3v) is 1.20. The molecule has 0 spiro atoms. The Bertz CT molecular complexity index is 209. The predicted molar refractivity (Wildman–Crippen MR) is 56.0 cm³/mol. The first-order valence-corrected chi connectivity index (χ1v) is 4.57. The maximum Gasteiger partial charge on any atom is 0.408 e. The summed E-state index contributed by atoms with van der Waals surface area (Å²) in [6.07, 6.45) is -0.429. The molecule has 0 aliphatic rings. The highest BCUT2D eigenvalue weighted by atomic mass is 127. The van der Waals surface area contributed by atoms with E-state index in [-0.39, 0.29) is 12.1 Å². The SMILES string of the molecule is CC(C)(C)NC(=O)OCC#CI. The molecule has 0 saturated heterocycles. The van der Waals surface area contributed by atoms with Crippen LogP contribution in [0.1, 0.15) is 20.8 Å². The minimum absolute atomic E-state index is 0.144. The van der Waals surface area contributed by atoms with Crippen molar-refractivity contribution >= 4 is 28.7 Å². The van der Waals surface area contributed by atoms with Crippen LogP contribution in [0, 0.1) is 9.85 Å². The molecule has 0 rings (SSSR count). The highest BCUT2D eigenvalue weighted by Crippen LogP contribution is 1.98. The van der Waals surface area contributed by atoms with Gasteiger partial charge in [-0.05, 0) is 24.7 Å². The number of carbonyl (C=O) groups is 1. The minimum Gasteiger partial charge on any atom is -0.436 e. The van der Waals surface area contributed by atoms with Crippen molar-refractivity contribution in [2.45, 2.75) is 26.3 Å². The summed E-state index contributed by atoms with van der Waals surface area (Å²) in [4.78, 5) is 10.9. The fourth-order valence-corrected chi connectivity index (χ4v) is 0.627. The Morgan fingerprint density at radius 1 is 1.58 bits per heavy atom. The van der Waals surface area contributed by atoms with Gasteiger partial charge in [0.05, 0.1) is 0 Å². The van der Waals surface area contributed by atoms with Crippen molar-refractivity contribution in [1.82, 2.24) is 5.32 Å². The first-order valence-electron chi connectivity index (χ1n) is 3.49. The molecule has 3 nitrogen and oxygen atoms in total. The molecule has 0 atom stereocenters. The fraction of sp³-hybridized carbons (Fsp3) is 0.625. The highest BCUT2D eigenvalue weighted by molar-refractivity contribution is 14.1. The highest BCUT2D eigenvalue weighted by Gasteiger charge is 2.13. The van der Waals surface area contributed by atoms with Crippen LogP contribution in [-0.2, 0) is 4.74 Å². The van der Waals surface area contributed by atoms with Gasteiger partial charge in [-0.15, -0.1) is 0 Å². The van der Waals surface area contributed by atoms with Crippen LogP contribution in [0.25, 0.3) is 0 Å². The third kappa shape index (κ3) is 7.66. The summed E-state index contributed by atoms with van der Waals surface area (Å²) in [5, 5.41) is 2.65. The molecule has 1 N–H and O–H groups in total. The number of amides is 1. The Hall–Kier alpha value is -0.440. The molecule has 0 fully saturated rings. The van der Waals surface area contributed by atoms with E-state index in [0.717, 1.165) is 0 Å². The molecule has 0 bridgehead atoms. The Kier molecular flexibility index (Phi) is 5.06. The number of carbonyl (C=O) groups excluding carboxylic acids is 1. The van der Waals surface area contributed by atoms with Gasteiger partial charge in [0, 0.05) is 28.1 Å². The van der Waals surface area contributed by atoms with E-state index in [4.69, 9.17) is 4.74 Å². The van der Waals surface area contributed by atoms with Gasteiger partial charge in [0.25, 0.3) is 0 Å². The van der Waals surface area contributed by atoms with E-state index in [1.54, 1.807) is 0 Å². The maximum atomic E-state index is 10.9. The summed E-state index contributed by atoms with van der Waals surface area (Å²) in [5.74, 6) is 2.62. The quantitative estimate of drug-likeness (QED) is 0.589. The second-order valence-corrected chi connectivity index (χ2v) is 3.76. The van der Waals surface area contributed by atoms with Crippen molar-refractivity contribution in [3.8, 4) is 9.85 Å². The van der Waals surface area contributed by atoms with Crippen LogP contribution >= 0.6 is 22.6 Å². The Morgan fingerprint density at radius 3 is 2.58 bits per heavy atom. The fourth-order valence-electron chi connectivity index (χ4n) is 0.471. The summed E-state index contributed by atoms with van der Waals surface area (Å²) in [6.45, 7) is 5.81. The van der Waals surface area contributed by atoms with Crippen molar-refractivity contribution in [3.63, 3.8) is 0 Å². The van der Waals surface area contributed by atoms with E-state index in [1.165, 1.54) is 0 Å². The number of halogens is 1. The molecule has 68 valence electrons. The zero-order valence-corrected chi connectivity index (χ0v) is 9.56. The average molecular weight is 281 g/mol. The average Bonchev–Trinajstić information content (AvgIpc) is 1.84. The summed E-state index contributed by atoms with van der Waals surface area (Å²) in [6, 6.07) is 0. The molecular weight excluding hydrogens is 269 g/mol. The molecule has 0 aromatic rings. The van der Waals surface area contributed by atoms with Gasteiger partial charge in [0.15, 0.2) is 6.61 Å². The Labute approximate surface area is 86.4 Å². The second kappa shape index (κ2) is 5.25. The van der Waals surface area contributed by atoms with E-state index < -0.39 is 6.09 Å². The maximum absolute atomic E-state index is 10.9. The lowest BCUT2D eigenvalue weighted by atomic mass is 10.1. The van der Waals surface area contributed by atoms with Crippen molar-refractivity contribution in [1.29, 1.82) is 0 Å². The second-order valence-electron chi connectivity index (χ2n) is 3.22. The molecule has 0 aromatic carbocycles. The van der Waals surface area contributed by atoms with Crippen LogP contribution in [0.4, 0.5) is 4.79 Å². The lowest BCUT2D eigenvalue weighted by molar-refractivity contribution is 0.151. The Balaban J connectivity index is 3.66. The van der Waals surface area contributed by atoms with Gasteiger partial charge in [-0.2, -0.15) is 0 Å². The molecule has 1 amide bonds. The molecular formula is C8H12INO2. The standard InChI is InChI=1S/C8H12INO2/c1-8(2,3)10-7(11)12-6-4-5-9/h6H2,1-3H3,(H,10,11). The normalized spacial score (nSPS) is 9.67. The summed E-state index contributed by atoms with van der Waals surface area (Å²) < 4.78 is 7.33. The van der Waals surface area contributed by atoms with E-state index in [1.807, 2.05) is 43.4 Å². The van der Waals surface area contributed by atoms with Crippen LogP contribution in [0.5, 0.6) is 0 Å². The van der Waals surface area contributed by atoms with Gasteiger partial charge in [0.1, 0.15) is 0 Å². The van der Waals surface area contributed by atoms with Gasteiger partial charge in [-0.3, -0.25) is 0 Å². The topological polar surface area (TPSA) is 38.3 Å². The summed E-state index contributed by atoms with van der Waals surface area (Å²) >= 11 is 1.89. The molecule has 0 aliphatic carbocycles. The largest absolute Gasteiger partial charge is 0.436 e. The molecule has 0 radical (unpaired) electrons. The van der Waals surface area contributed by atoms with E-state index >= 15 is 0 Å². The molecule has 0 unspecified atom stereocenters. The number of nitrogens with one attached hydrogen (secondary N) is 1. The first kappa shape index (κ1) is 11.6. The first-order chi connectivity index (χ1) is 5.45. The zero-order valence-electron chi connectivity index (χ0n) is 7.40. The van der Waals surface area contributed by atoms with Gasteiger partial charge >= 0.3 is 6.09 Å². The molecule has 0 aliphatic heterocycles. The van der Waals surface area contributed by atoms with Crippen LogP contribution in [0.2, 0.25) is 0 Å². The lowest BCUT2D eigenvalue weighted by Gasteiger charge is -2.19. The molecule has 0 aromatic heterocycles. The minimum atomic E-state index is -0.429. The van der Waals surface area contributed by atoms with Crippen LogP contribution in [0.3, 0.4) is 0 Å². The number of hydrogen-bond donors (Lipinski definition) is 1. The van der Waals surface area contributed by atoms with Crippen molar-refractivity contribution < 1.29 is 9.53 Å². The van der Waals surface area contributed by atoms with Gasteiger partial charge in [-0.1, -0.05) is 5.92 Å². The number of ether oxygens (including phenoxy) is 1. The van der Waals surface area contributed by atoms with Gasteiger partial charge in [0.2, 0.25) is 0 Å². The van der Waals surface area contributed by atoms with Crippen LogP contribution in [0.15, 0.2) is 0 Å². The van der Waals surface area contributed by atoms with Crippen LogP contribution < -0.4 is 5.32 Å². The molecule has 4 heteroatoms. The van der Waals surface area contributed by atoms with E-state index in [0.29, 0.717) is 0 Å². The van der Waals surface area contributed by atoms with Crippen molar-refractivity contribution in [3.05, 3.63) is 0 Å². The monoisotopic (exact) mass is 281 g/mol. The van der Waals surface area contributed by atoms with Crippen molar-refractivity contribution in [2.24, 2.45) is 0 Å². The smallest absolute Gasteiger partial charge is 0.408 e. The summed E-state index contributed by atoms with van der Waals surface area (Å²) in [7, 11) is 0. The number of hydrogen-bond acceptors (Lipinski definition) is 2. The molecule has 0 heterocycles. The Morgan fingerprint density at radius 2 is 2.17 bits per heavy atom.